The van der Waals surface area contributed by atoms with Crippen LogP contribution in [0.1, 0.15) is 50.4 Å². The van der Waals surface area contributed by atoms with E-state index in [0.29, 0.717) is 50.0 Å². The van der Waals surface area contributed by atoms with Crippen molar-refractivity contribution >= 4 is 39.3 Å². The zero-order valence-corrected chi connectivity index (χ0v) is 27.5. The summed E-state index contributed by atoms with van der Waals surface area (Å²) in [5.74, 6) is 1.23. The van der Waals surface area contributed by atoms with Crippen LogP contribution < -0.4 is 29.1 Å². The standard InChI is InChI=1S/C34H33BrN2O6S/c1-6-41-33(39)30-21(4)36-34-37(31(30)24-12-15-27(43-20(2)3)28(18-24)40-5)32(38)29(44-34)17-23-8-7-9-26(16-23)42-19-22-10-13-25(35)14-11-22/h7-18,20,31H,6,19H2,1-5H3/b29-17+/t31-/m0/s1. The van der Waals surface area contributed by atoms with Crippen molar-refractivity contribution in [2.75, 3.05) is 13.7 Å². The number of halogens is 1. The Morgan fingerprint density at radius 1 is 1.09 bits per heavy atom. The number of hydrogen-bond donors (Lipinski definition) is 0. The lowest BCUT2D eigenvalue weighted by molar-refractivity contribution is -0.139. The van der Waals surface area contributed by atoms with Crippen LogP contribution in [0.25, 0.3) is 6.08 Å². The lowest BCUT2D eigenvalue weighted by Crippen LogP contribution is -2.40. The number of aromatic nitrogens is 1. The minimum Gasteiger partial charge on any atom is -0.493 e. The highest BCUT2D eigenvalue weighted by Crippen LogP contribution is 2.36. The van der Waals surface area contributed by atoms with E-state index >= 15 is 0 Å². The Hall–Kier alpha value is -4.15. The summed E-state index contributed by atoms with van der Waals surface area (Å²) >= 11 is 4.72. The summed E-state index contributed by atoms with van der Waals surface area (Å²) in [6.07, 6.45) is 1.76. The van der Waals surface area contributed by atoms with E-state index in [0.717, 1.165) is 15.6 Å². The number of thiazole rings is 1. The molecule has 2 heterocycles. The summed E-state index contributed by atoms with van der Waals surface area (Å²) in [4.78, 5) is 32.5. The van der Waals surface area contributed by atoms with Gasteiger partial charge in [-0.05, 0) is 86.9 Å². The number of fused-ring (bicyclic) bond motifs is 1. The number of carbonyl (C=O) groups is 1. The molecule has 5 rings (SSSR count). The second-order valence-corrected chi connectivity index (χ2v) is 12.3. The molecule has 0 fully saturated rings. The van der Waals surface area contributed by atoms with Gasteiger partial charge < -0.3 is 18.9 Å². The Balaban J connectivity index is 1.56. The molecule has 44 heavy (non-hydrogen) atoms. The van der Waals surface area contributed by atoms with Crippen molar-refractivity contribution in [3.63, 3.8) is 0 Å². The van der Waals surface area contributed by atoms with Crippen LogP contribution in [0.3, 0.4) is 0 Å². The van der Waals surface area contributed by atoms with Crippen LogP contribution >= 0.6 is 27.3 Å². The Labute approximate surface area is 268 Å². The van der Waals surface area contributed by atoms with Gasteiger partial charge in [-0.15, -0.1) is 0 Å². The third-order valence-electron chi connectivity index (χ3n) is 6.86. The van der Waals surface area contributed by atoms with Crippen molar-refractivity contribution in [2.45, 2.75) is 46.4 Å². The molecule has 0 saturated heterocycles. The van der Waals surface area contributed by atoms with Crippen molar-refractivity contribution < 1.29 is 23.7 Å². The topological polar surface area (TPSA) is 88.4 Å². The average Bonchev–Trinajstić information content (AvgIpc) is 3.30. The molecule has 0 radical (unpaired) electrons. The quantitative estimate of drug-likeness (QED) is 0.193. The number of rotatable bonds is 10. The van der Waals surface area contributed by atoms with Gasteiger partial charge in [0.1, 0.15) is 12.4 Å². The number of hydrogen-bond acceptors (Lipinski definition) is 8. The van der Waals surface area contributed by atoms with Crippen LogP contribution in [0.4, 0.5) is 0 Å². The summed E-state index contributed by atoms with van der Waals surface area (Å²) in [5.41, 5.74) is 3.04. The first kappa shape index (κ1) is 31.3. The first-order valence-corrected chi connectivity index (χ1v) is 15.8. The molecule has 0 bridgehead atoms. The predicted molar refractivity (Wildman–Crippen MR) is 174 cm³/mol. The molecule has 0 amide bonds. The molecule has 8 nitrogen and oxygen atoms in total. The Bertz CT molecular complexity index is 1890. The average molecular weight is 678 g/mol. The van der Waals surface area contributed by atoms with Crippen LogP contribution in [0.15, 0.2) is 92.3 Å². The number of allylic oxidation sites excluding steroid dienone is 1. The van der Waals surface area contributed by atoms with Crippen molar-refractivity contribution in [3.05, 3.63) is 119 Å². The molecular formula is C34H33BrN2O6S. The third kappa shape index (κ3) is 6.81. The second kappa shape index (κ2) is 13.7. The van der Waals surface area contributed by atoms with Crippen molar-refractivity contribution in [1.29, 1.82) is 0 Å². The molecule has 0 saturated carbocycles. The largest absolute Gasteiger partial charge is 0.493 e. The molecule has 0 aliphatic carbocycles. The number of benzene rings is 3. The van der Waals surface area contributed by atoms with E-state index in [1.807, 2.05) is 74.5 Å². The maximum Gasteiger partial charge on any atom is 0.338 e. The fourth-order valence-electron chi connectivity index (χ4n) is 4.91. The van der Waals surface area contributed by atoms with Crippen LogP contribution in [-0.2, 0) is 16.1 Å². The normalized spacial score (nSPS) is 14.7. The van der Waals surface area contributed by atoms with E-state index in [1.165, 1.54) is 11.3 Å². The van der Waals surface area contributed by atoms with Crippen LogP contribution in [0, 0.1) is 0 Å². The fourth-order valence-corrected chi connectivity index (χ4v) is 6.22. The van der Waals surface area contributed by atoms with Gasteiger partial charge in [0.2, 0.25) is 0 Å². The highest BCUT2D eigenvalue weighted by molar-refractivity contribution is 9.10. The molecule has 4 aromatic rings. The molecule has 0 unspecified atom stereocenters. The molecular weight excluding hydrogens is 644 g/mol. The third-order valence-corrected chi connectivity index (χ3v) is 8.37. The SMILES string of the molecule is CCOC(=O)C1=C(C)N=c2s/c(=C/c3cccc(OCc4ccc(Br)cc4)c3)c(=O)n2[C@H]1c1ccc(OC(C)C)c(OC)c1. The number of methoxy groups -OCH3 is 1. The molecule has 0 N–H and O–H groups in total. The number of ether oxygens (including phenoxy) is 4. The number of carbonyl (C=O) groups excluding carboxylic acids is 1. The smallest absolute Gasteiger partial charge is 0.338 e. The highest BCUT2D eigenvalue weighted by atomic mass is 79.9. The molecule has 1 atom stereocenters. The van der Waals surface area contributed by atoms with E-state index < -0.39 is 12.0 Å². The molecule has 0 spiro atoms. The molecule has 1 aromatic heterocycles. The fraction of sp³-hybridized carbons (Fsp3) is 0.265. The van der Waals surface area contributed by atoms with Crippen molar-refractivity contribution in [1.82, 2.24) is 4.57 Å². The van der Waals surface area contributed by atoms with Crippen LogP contribution in [0.2, 0.25) is 0 Å². The van der Waals surface area contributed by atoms with Gasteiger partial charge in [-0.25, -0.2) is 9.79 Å². The molecule has 228 valence electrons. The van der Waals surface area contributed by atoms with Gasteiger partial charge in [0.15, 0.2) is 16.3 Å². The summed E-state index contributed by atoms with van der Waals surface area (Å²) in [6, 6.07) is 20.2. The minimum absolute atomic E-state index is 0.0608. The molecule has 3 aromatic carbocycles. The second-order valence-electron chi connectivity index (χ2n) is 10.4. The maximum atomic E-state index is 14.0. The lowest BCUT2D eigenvalue weighted by Gasteiger charge is -2.25. The van der Waals surface area contributed by atoms with E-state index in [4.69, 9.17) is 18.9 Å². The van der Waals surface area contributed by atoms with Gasteiger partial charge in [-0.2, -0.15) is 0 Å². The highest BCUT2D eigenvalue weighted by Gasteiger charge is 2.34. The predicted octanol–water partition coefficient (Wildman–Crippen LogP) is 5.94. The van der Waals surface area contributed by atoms with Gasteiger partial charge in [-0.1, -0.05) is 57.6 Å². The van der Waals surface area contributed by atoms with E-state index in [1.54, 1.807) is 37.7 Å². The van der Waals surface area contributed by atoms with Crippen molar-refractivity contribution in [2.24, 2.45) is 4.99 Å². The monoisotopic (exact) mass is 676 g/mol. The number of esters is 1. The van der Waals surface area contributed by atoms with Gasteiger partial charge in [-0.3, -0.25) is 9.36 Å². The minimum atomic E-state index is -0.768. The van der Waals surface area contributed by atoms with Gasteiger partial charge in [0.05, 0.1) is 41.7 Å². The zero-order chi connectivity index (χ0) is 31.4. The Kier molecular flexibility index (Phi) is 9.71. The first-order valence-electron chi connectivity index (χ1n) is 14.2. The number of nitrogens with zero attached hydrogens (tertiary/aromatic N) is 2. The molecule has 10 heteroatoms. The van der Waals surface area contributed by atoms with E-state index in [-0.39, 0.29) is 18.3 Å². The zero-order valence-electron chi connectivity index (χ0n) is 25.1. The molecule has 1 aliphatic heterocycles. The Morgan fingerprint density at radius 2 is 1.86 bits per heavy atom. The lowest BCUT2D eigenvalue weighted by atomic mass is 9.95. The van der Waals surface area contributed by atoms with Gasteiger partial charge >= 0.3 is 5.97 Å². The van der Waals surface area contributed by atoms with E-state index in [2.05, 4.69) is 20.9 Å². The molecule has 1 aliphatic rings. The van der Waals surface area contributed by atoms with Gasteiger partial charge in [0, 0.05) is 4.47 Å². The van der Waals surface area contributed by atoms with Crippen LogP contribution in [0.5, 0.6) is 17.2 Å². The summed E-state index contributed by atoms with van der Waals surface area (Å²) in [6.45, 7) is 7.98. The maximum absolute atomic E-state index is 14.0. The summed E-state index contributed by atoms with van der Waals surface area (Å²) < 4.78 is 26.0. The van der Waals surface area contributed by atoms with Crippen LogP contribution in [-0.4, -0.2) is 30.4 Å². The van der Waals surface area contributed by atoms with Crippen molar-refractivity contribution in [3.8, 4) is 17.2 Å². The first-order chi connectivity index (χ1) is 21.2. The van der Waals surface area contributed by atoms with E-state index in [9.17, 15) is 9.59 Å². The summed E-state index contributed by atoms with van der Waals surface area (Å²) in [5, 5.41) is 0. The summed E-state index contributed by atoms with van der Waals surface area (Å²) in [7, 11) is 1.56. The Morgan fingerprint density at radius 3 is 2.57 bits per heavy atom. The van der Waals surface area contributed by atoms with Gasteiger partial charge in [0.25, 0.3) is 5.56 Å².